The average molecular weight is 187 g/mol. The summed E-state index contributed by atoms with van der Waals surface area (Å²) in [6.45, 7) is 0. The van der Waals surface area contributed by atoms with Crippen LogP contribution in [0.15, 0.2) is 12.2 Å². The van der Waals surface area contributed by atoms with Gasteiger partial charge in [-0.25, -0.2) is 0 Å². The second-order valence-electron chi connectivity index (χ2n) is 2.53. The summed E-state index contributed by atoms with van der Waals surface area (Å²) in [5.74, 6) is 0. The van der Waals surface area contributed by atoms with E-state index in [2.05, 4.69) is 0 Å². The molecule has 0 unspecified atom stereocenters. The van der Waals surface area contributed by atoms with Gasteiger partial charge in [0.25, 0.3) is 0 Å². The summed E-state index contributed by atoms with van der Waals surface area (Å²) in [6.07, 6.45) is -0.395. The number of hydrogen-bond acceptors (Lipinski definition) is 5. The quantitative estimate of drug-likeness (QED) is 0.370. The van der Waals surface area contributed by atoms with Crippen LogP contribution in [0.3, 0.4) is 0 Å². The Hall–Kier alpha value is -0.540. The maximum Gasteiger partial charge on any atom is 0.134 e. The molecule has 0 heterocycles. The minimum Gasteiger partial charge on any atom is -0.389 e. The number of hydrogen-bond donors (Lipinski definition) is 3. The molecule has 1 aliphatic rings. The topological polar surface area (TPSA) is 84.5 Å². The molecular weight excluding hydrogens is 178 g/mol. The summed E-state index contributed by atoms with van der Waals surface area (Å²) >= 11 is 0.864. The normalized spacial score (nSPS) is 40.8. The Bertz CT molecular complexity index is 225. The van der Waals surface area contributed by atoms with Gasteiger partial charge in [-0.3, -0.25) is 0 Å². The van der Waals surface area contributed by atoms with Crippen molar-refractivity contribution in [3.05, 3.63) is 12.2 Å². The molecule has 1 rings (SSSR count). The monoisotopic (exact) mass is 187 g/mol. The number of thiocyanates is 1. The Morgan fingerprint density at radius 1 is 1.17 bits per heavy atom. The van der Waals surface area contributed by atoms with Gasteiger partial charge in [0.05, 0.1) is 11.4 Å². The first-order valence-electron chi connectivity index (χ1n) is 3.44. The Morgan fingerprint density at radius 2 is 1.83 bits per heavy atom. The highest BCUT2D eigenvalue weighted by molar-refractivity contribution is 8.04. The van der Waals surface area contributed by atoms with Crippen LogP contribution in [-0.4, -0.2) is 38.9 Å². The van der Waals surface area contributed by atoms with E-state index in [9.17, 15) is 5.11 Å². The third-order valence-electron chi connectivity index (χ3n) is 1.72. The standard InChI is InChI=1S/C7H9NO3S/c8-3-12-5-2-1-4(9)6(10)7(5)11/h1-2,4-7,9-11H/t4-,5+,6-,7-/m1/s1. The van der Waals surface area contributed by atoms with Gasteiger partial charge >= 0.3 is 0 Å². The van der Waals surface area contributed by atoms with Crippen molar-refractivity contribution in [2.75, 3.05) is 0 Å². The summed E-state index contributed by atoms with van der Waals surface area (Å²) in [5.41, 5.74) is 0. The zero-order valence-electron chi connectivity index (χ0n) is 6.16. The van der Waals surface area contributed by atoms with Gasteiger partial charge in [0.1, 0.15) is 17.6 Å². The van der Waals surface area contributed by atoms with Crippen molar-refractivity contribution in [1.29, 1.82) is 5.26 Å². The van der Waals surface area contributed by atoms with Crippen LogP contribution in [0.4, 0.5) is 0 Å². The second-order valence-corrected chi connectivity index (χ2v) is 3.49. The predicted molar refractivity (Wildman–Crippen MR) is 44.2 cm³/mol. The maximum atomic E-state index is 9.31. The molecule has 0 aromatic rings. The fourth-order valence-electron chi connectivity index (χ4n) is 1.02. The Kier molecular flexibility index (Phi) is 3.12. The molecule has 0 aromatic heterocycles. The van der Waals surface area contributed by atoms with Crippen molar-refractivity contribution in [2.45, 2.75) is 23.6 Å². The van der Waals surface area contributed by atoms with Crippen molar-refractivity contribution in [3.8, 4) is 5.40 Å². The van der Waals surface area contributed by atoms with Crippen LogP contribution < -0.4 is 0 Å². The van der Waals surface area contributed by atoms with E-state index in [1.54, 1.807) is 0 Å². The first kappa shape index (κ1) is 9.55. The Labute approximate surface area is 74.1 Å². The Balaban J connectivity index is 2.68. The van der Waals surface area contributed by atoms with Gasteiger partial charge in [0, 0.05) is 0 Å². The number of nitrogens with zero attached hydrogens (tertiary/aromatic N) is 1. The number of aliphatic hydroxyl groups is 3. The number of thioether (sulfide) groups is 1. The molecule has 5 heteroatoms. The number of aliphatic hydroxyl groups excluding tert-OH is 3. The molecule has 1 aliphatic carbocycles. The molecule has 4 nitrogen and oxygen atoms in total. The van der Waals surface area contributed by atoms with Crippen LogP contribution in [0.1, 0.15) is 0 Å². The summed E-state index contributed by atoms with van der Waals surface area (Å²) < 4.78 is 0. The van der Waals surface area contributed by atoms with E-state index in [0.29, 0.717) is 0 Å². The molecule has 0 bridgehead atoms. The van der Waals surface area contributed by atoms with Crippen LogP contribution in [0.5, 0.6) is 0 Å². The lowest BCUT2D eigenvalue weighted by Gasteiger charge is -2.28. The van der Waals surface area contributed by atoms with Crippen LogP contribution in [0.25, 0.3) is 0 Å². The Morgan fingerprint density at radius 3 is 2.42 bits per heavy atom. The van der Waals surface area contributed by atoms with E-state index in [1.165, 1.54) is 12.2 Å². The molecule has 0 amide bonds. The van der Waals surface area contributed by atoms with E-state index in [1.807, 2.05) is 5.40 Å². The summed E-state index contributed by atoms with van der Waals surface area (Å²) in [4.78, 5) is 0. The minimum absolute atomic E-state index is 0.451. The van der Waals surface area contributed by atoms with Gasteiger partial charge in [0.2, 0.25) is 0 Å². The SMILES string of the molecule is N#CS[C@H]1C=C[C@@H](O)[C@@H](O)[C@@H]1O. The third-order valence-corrected chi connectivity index (χ3v) is 2.54. The van der Waals surface area contributed by atoms with Gasteiger partial charge in [-0.15, -0.1) is 0 Å². The molecular formula is C7H9NO3S. The zero-order valence-corrected chi connectivity index (χ0v) is 6.98. The lowest BCUT2D eigenvalue weighted by atomic mass is 9.98. The van der Waals surface area contributed by atoms with E-state index < -0.39 is 23.6 Å². The predicted octanol–water partition coefficient (Wildman–Crippen LogP) is -0.778. The van der Waals surface area contributed by atoms with E-state index in [0.717, 1.165) is 11.8 Å². The average Bonchev–Trinajstić information content (AvgIpc) is 2.07. The van der Waals surface area contributed by atoms with Crippen molar-refractivity contribution in [2.24, 2.45) is 0 Å². The van der Waals surface area contributed by atoms with Crippen molar-refractivity contribution in [1.82, 2.24) is 0 Å². The molecule has 12 heavy (non-hydrogen) atoms. The summed E-state index contributed by atoms with van der Waals surface area (Å²) in [6, 6.07) is 0. The van der Waals surface area contributed by atoms with Gasteiger partial charge < -0.3 is 15.3 Å². The highest BCUT2D eigenvalue weighted by Gasteiger charge is 2.33. The minimum atomic E-state index is -1.19. The van der Waals surface area contributed by atoms with Crippen LogP contribution in [0.2, 0.25) is 0 Å². The van der Waals surface area contributed by atoms with Gasteiger partial charge in [-0.05, 0) is 11.8 Å². The third kappa shape index (κ3) is 1.79. The van der Waals surface area contributed by atoms with Gasteiger partial charge in [-0.2, -0.15) is 5.26 Å². The smallest absolute Gasteiger partial charge is 0.134 e. The van der Waals surface area contributed by atoms with Crippen molar-refractivity contribution >= 4 is 11.8 Å². The highest BCUT2D eigenvalue weighted by Crippen LogP contribution is 2.23. The summed E-state index contributed by atoms with van der Waals surface area (Å²) in [7, 11) is 0. The zero-order chi connectivity index (χ0) is 9.14. The van der Waals surface area contributed by atoms with E-state index >= 15 is 0 Å². The largest absolute Gasteiger partial charge is 0.389 e. The lowest BCUT2D eigenvalue weighted by Crippen LogP contribution is -2.44. The second kappa shape index (κ2) is 3.92. The van der Waals surface area contributed by atoms with Crippen LogP contribution in [0, 0.1) is 10.7 Å². The first-order chi connectivity index (χ1) is 5.66. The molecule has 0 fully saturated rings. The fraction of sp³-hybridized carbons (Fsp3) is 0.571. The first-order valence-corrected chi connectivity index (χ1v) is 4.32. The van der Waals surface area contributed by atoms with E-state index in [4.69, 9.17) is 15.5 Å². The highest BCUT2D eigenvalue weighted by atomic mass is 32.2. The summed E-state index contributed by atoms with van der Waals surface area (Å²) in [5, 5.41) is 37.2. The van der Waals surface area contributed by atoms with Crippen LogP contribution in [-0.2, 0) is 0 Å². The number of rotatable bonds is 1. The molecule has 0 aliphatic heterocycles. The van der Waals surface area contributed by atoms with Gasteiger partial charge in [-0.1, -0.05) is 12.2 Å². The molecule has 0 spiro atoms. The van der Waals surface area contributed by atoms with E-state index in [-0.39, 0.29) is 0 Å². The molecule has 0 aromatic carbocycles. The van der Waals surface area contributed by atoms with Crippen molar-refractivity contribution < 1.29 is 15.3 Å². The fourth-order valence-corrected chi connectivity index (χ4v) is 1.61. The van der Waals surface area contributed by atoms with Crippen molar-refractivity contribution in [3.63, 3.8) is 0 Å². The molecule has 0 saturated heterocycles. The molecule has 0 saturated carbocycles. The lowest BCUT2D eigenvalue weighted by molar-refractivity contribution is -0.0428. The molecule has 66 valence electrons. The van der Waals surface area contributed by atoms with Gasteiger partial charge in [0.15, 0.2) is 0 Å². The molecule has 3 N–H and O–H groups in total. The number of nitriles is 1. The maximum absolute atomic E-state index is 9.31. The molecule has 0 radical (unpaired) electrons. The van der Waals surface area contributed by atoms with Crippen LogP contribution >= 0.6 is 11.8 Å². The molecule has 4 atom stereocenters.